The van der Waals surface area contributed by atoms with E-state index in [2.05, 4.69) is 10.2 Å². The van der Waals surface area contributed by atoms with Gasteiger partial charge in [-0.25, -0.2) is 0 Å². The second-order valence-corrected chi connectivity index (χ2v) is 6.32. The Bertz CT molecular complexity index is 324. The maximum Gasteiger partial charge on any atom is 0.306 e. The molecule has 1 aliphatic heterocycles. The summed E-state index contributed by atoms with van der Waals surface area (Å²) in [4.78, 5) is 13.3. The summed E-state index contributed by atoms with van der Waals surface area (Å²) in [6, 6.07) is 0. The summed E-state index contributed by atoms with van der Waals surface area (Å²) in [6.45, 7) is 6.22. The van der Waals surface area contributed by atoms with Crippen LogP contribution in [0.3, 0.4) is 0 Å². The zero-order valence-corrected chi connectivity index (χ0v) is 12.7. The highest BCUT2D eigenvalue weighted by molar-refractivity contribution is 5.70. The molecule has 0 aromatic rings. The molecule has 0 aromatic heterocycles. The first-order valence-corrected chi connectivity index (χ1v) is 8.05. The minimum atomic E-state index is -0.726. The molecule has 0 radical (unpaired) electrons. The third-order valence-corrected chi connectivity index (χ3v) is 4.65. The van der Waals surface area contributed by atoms with Gasteiger partial charge in [0.15, 0.2) is 0 Å². The molecule has 122 valence electrons. The second-order valence-electron chi connectivity index (χ2n) is 6.32. The first-order chi connectivity index (χ1) is 10.1. The van der Waals surface area contributed by atoms with E-state index in [9.17, 15) is 9.90 Å². The van der Waals surface area contributed by atoms with Crippen molar-refractivity contribution in [3.63, 3.8) is 0 Å². The Balaban J connectivity index is 1.55. The van der Waals surface area contributed by atoms with Gasteiger partial charge in [-0.3, -0.25) is 9.69 Å². The van der Waals surface area contributed by atoms with Crippen LogP contribution in [0.2, 0.25) is 0 Å². The molecule has 21 heavy (non-hydrogen) atoms. The number of carbonyl (C=O) groups is 1. The van der Waals surface area contributed by atoms with Gasteiger partial charge in [0.25, 0.3) is 0 Å². The quantitative estimate of drug-likeness (QED) is 0.587. The molecular formula is C15H28N2O4. The third kappa shape index (κ3) is 5.54. The normalized spacial score (nSPS) is 31.2. The van der Waals surface area contributed by atoms with Gasteiger partial charge < -0.3 is 20.3 Å². The highest BCUT2D eigenvalue weighted by Crippen LogP contribution is 2.31. The van der Waals surface area contributed by atoms with Crippen LogP contribution in [0.4, 0.5) is 0 Å². The lowest BCUT2D eigenvalue weighted by atomic mass is 9.79. The summed E-state index contributed by atoms with van der Waals surface area (Å²) in [7, 11) is 0. The van der Waals surface area contributed by atoms with Gasteiger partial charge in [0.05, 0.1) is 24.7 Å². The molecule has 3 N–H and O–H groups in total. The largest absolute Gasteiger partial charge is 0.481 e. The standard InChI is InChI=1S/C15H28N2O4/c18-14(19)13-2-4-15(20,5-3-13)12-16-6-1-7-17-8-10-21-11-9-17/h13,16,20H,1-12H2,(H,18,19). The van der Waals surface area contributed by atoms with Crippen molar-refractivity contribution < 1.29 is 19.7 Å². The van der Waals surface area contributed by atoms with Gasteiger partial charge in [-0.05, 0) is 45.2 Å². The Morgan fingerprint density at radius 2 is 1.95 bits per heavy atom. The van der Waals surface area contributed by atoms with E-state index in [1.807, 2.05) is 0 Å². The predicted octanol–water partition coefficient (Wildman–Crippen LogP) is 0.304. The average Bonchev–Trinajstić information content (AvgIpc) is 2.48. The van der Waals surface area contributed by atoms with Crippen LogP contribution in [0.25, 0.3) is 0 Å². The van der Waals surface area contributed by atoms with E-state index < -0.39 is 11.6 Å². The molecule has 0 atom stereocenters. The second kappa shape index (κ2) is 8.08. The monoisotopic (exact) mass is 300 g/mol. The maximum absolute atomic E-state index is 10.9. The number of morpholine rings is 1. The van der Waals surface area contributed by atoms with E-state index in [4.69, 9.17) is 9.84 Å². The van der Waals surface area contributed by atoms with Crippen LogP contribution in [0.15, 0.2) is 0 Å². The van der Waals surface area contributed by atoms with Gasteiger partial charge in [0.1, 0.15) is 0 Å². The number of rotatable bonds is 7. The molecule has 2 rings (SSSR count). The van der Waals surface area contributed by atoms with Crippen LogP contribution in [0, 0.1) is 5.92 Å². The van der Waals surface area contributed by atoms with E-state index in [1.165, 1.54) is 0 Å². The molecule has 0 bridgehead atoms. The summed E-state index contributed by atoms with van der Waals surface area (Å²) in [5, 5.41) is 22.7. The SMILES string of the molecule is O=C(O)C1CCC(O)(CNCCCN2CCOCC2)CC1. The number of ether oxygens (including phenoxy) is 1. The van der Waals surface area contributed by atoms with Gasteiger partial charge in [0.2, 0.25) is 0 Å². The Kier molecular flexibility index (Phi) is 6.41. The van der Waals surface area contributed by atoms with Crippen LogP contribution in [-0.4, -0.2) is 72.6 Å². The Hall–Kier alpha value is -0.690. The predicted molar refractivity (Wildman–Crippen MR) is 79.3 cm³/mol. The van der Waals surface area contributed by atoms with Crippen LogP contribution >= 0.6 is 0 Å². The first-order valence-electron chi connectivity index (χ1n) is 8.05. The molecule has 1 heterocycles. The molecule has 0 spiro atoms. The number of nitrogens with zero attached hydrogens (tertiary/aromatic N) is 1. The molecule has 6 nitrogen and oxygen atoms in total. The number of aliphatic carboxylic acids is 1. The fraction of sp³-hybridized carbons (Fsp3) is 0.933. The summed E-state index contributed by atoms with van der Waals surface area (Å²) in [5.41, 5.74) is -0.717. The number of nitrogens with one attached hydrogen (secondary N) is 1. The molecule has 1 saturated carbocycles. The van der Waals surface area contributed by atoms with Gasteiger partial charge in [-0.2, -0.15) is 0 Å². The van der Waals surface area contributed by atoms with Crippen molar-refractivity contribution in [1.29, 1.82) is 0 Å². The molecule has 6 heteroatoms. The molecule has 1 saturated heterocycles. The van der Waals surface area contributed by atoms with E-state index in [0.717, 1.165) is 45.8 Å². The van der Waals surface area contributed by atoms with Crippen molar-refractivity contribution >= 4 is 5.97 Å². The minimum absolute atomic E-state index is 0.272. The molecule has 2 fully saturated rings. The zero-order chi connectivity index (χ0) is 15.1. The van der Waals surface area contributed by atoms with Gasteiger partial charge in [0, 0.05) is 19.6 Å². The van der Waals surface area contributed by atoms with Crippen molar-refractivity contribution in [3.05, 3.63) is 0 Å². The fourth-order valence-electron chi connectivity index (χ4n) is 3.15. The summed E-state index contributed by atoms with van der Waals surface area (Å²) < 4.78 is 5.31. The summed E-state index contributed by atoms with van der Waals surface area (Å²) in [6.07, 6.45) is 3.40. The lowest BCUT2D eigenvalue weighted by molar-refractivity contribution is -0.144. The van der Waals surface area contributed by atoms with Gasteiger partial charge in [-0.1, -0.05) is 0 Å². The highest BCUT2D eigenvalue weighted by atomic mass is 16.5. The van der Waals surface area contributed by atoms with Crippen LogP contribution in [0.5, 0.6) is 0 Å². The smallest absolute Gasteiger partial charge is 0.306 e. The maximum atomic E-state index is 10.9. The summed E-state index contributed by atoms with van der Waals surface area (Å²) >= 11 is 0. The topological polar surface area (TPSA) is 82.0 Å². The molecule has 2 aliphatic rings. The van der Waals surface area contributed by atoms with Crippen molar-refractivity contribution in [2.75, 3.05) is 45.9 Å². The lowest BCUT2D eigenvalue weighted by Crippen LogP contribution is -2.45. The van der Waals surface area contributed by atoms with E-state index in [1.54, 1.807) is 0 Å². The molecule has 0 aromatic carbocycles. The Morgan fingerprint density at radius 3 is 2.57 bits per heavy atom. The lowest BCUT2D eigenvalue weighted by Gasteiger charge is -2.35. The average molecular weight is 300 g/mol. The van der Waals surface area contributed by atoms with Crippen molar-refractivity contribution in [3.8, 4) is 0 Å². The number of aliphatic hydroxyl groups is 1. The number of hydrogen-bond donors (Lipinski definition) is 3. The molecular weight excluding hydrogens is 272 g/mol. The Labute approximate surface area is 126 Å². The van der Waals surface area contributed by atoms with Crippen molar-refractivity contribution in [2.24, 2.45) is 5.92 Å². The zero-order valence-electron chi connectivity index (χ0n) is 12.7. The summed E-state index contributed by atoms with van der Waals surface area (Å²) in [5.74, 6) is -0.998. The number of hydrogen-bond acceptors (Lipinski definition) is 5. The first kappa shape index (κ1) is 16.7. The fourth-order valence-corrected chi connectivity index (χ4v) is 3.15. The van der Waals surface area contributed by atoms with Crippen LogP contribution < -0.4 is 5.32 Å². The van der Waals surface area contributed by atoms with Crippen molar-refractivity contribution in [1.82, 2.24) is 10.2 Å². The molecule has 0 unspecified atom stereocenters. The van der Waals surface area contributed by atoms with Crippen LogP contribution in [-0.2, 0) is 9.53 Å². The Morgan fingerprint density at radius 1 is 1.29 bits per heavy atom. The number of carboxylic acid groups (broad SMARTS) is 1. The third-order valence-electron chi connectivity index (χ3n) is 4.65. The minimum Gasteiger partial charge on any atom is -0.481 e. The van der Waals surface area contributed by atoms with Gasteiger partial charge in [-0.15, -0.1) is 0 Å². The number of carboxylic acids is 1. The van der Waals surface area contributed by atoms with Crippen LogP contribution in [0.1, 0.15) is 32.1 Å². The molecule has 1 aliphatic carbocycles. The van der Waals surface area contributed by atoms with E-state index in [0.29, 0.717) is 32.2 Å². The van der Waals surface area contributed by atoms with E-state index >= 15 is 0 Å². The van der Waals surface area contributed by atoms with E-state index in [-0.39, 0.29) is 5.92 Å². The van der Waals surface area contributed by atoms with Crippen molar-refractivity contribution in [2.45, 2.75) is 37.7 Å². The molecule has 0 amide bonds. The highest BCUT2D eigenvalue weighted by Gasteiger charge is 2.35. The van der Waals surface area contributed by atoms with Gasteiger partial charge >= 0.3 is 5.97 Å².